The number of hydrogen-bond donors (Lipinski definition) is 2. The molecule has 2 aromatic heterocycles. The first kappa shape index (κ1) is 8.46. The largest absolute Gasteiger partial charge is 0.354 e. The van der Waals surface area contributed by atoms with E-state index >= 15 is 0 Å². The van der Waals surface area contributed by atoms with E-state index in [0.717, 1.165) is 11.0 Å². The summed E-state index contributed by atoms with van der Waals surface area (Å²) in [6.07, 6.45) is 3.07. The molecule has 0 aliphatic rings. The summed E-state index contributed by atoms with van der Waals surface area (Å²) in [7, 11) is 0. The summed E-state index contributed by atoms with van der Waals surface area (Å²) in [5.74, 6) is 0.770. The smallest absolute Gasteiger partial charge is 0.184 e. The van der Waals surface area contributed by atoms with Gasteiger partial charge in [0.15, 0.2) is 5.13 Å². The molecule has 2 aromatic rings. The van der Waals surface area contributed by atoms with Crippen LogP contribution in [0.15, 0.2) is 12.5 Å². The first-order valence-corrected chi connectivity index (χ1v) is 4.73. The zero-order valence-electron chi connectivity index (χ0n) is 6.49. The summed E-state index contributed by atoms with van der Waals surface area (Å²) in [5.41, 5.74) is 0. The summed E-state index contributed by atoms with van der Waals surface area (Å²) in [4.78, 5) is 7.98. The second-order valence-corrected chi connectivity index (χ2v) is 3.92. The SMILES string of the molecule is Clc1cnc(NCc2ncn[nH]2)s1. The minimum atomic E-state index is 0.573. The van der Waals surface area contributed by atoms with E-state index in [1.165, 1.54) is 17.7 Å². The summed E-state index contributed by atoms with van der Waals surface area (Å²) < 4.78 is 0.667. The Bertz CT molecular complexity index is 370. The van der Waals surface area contributed by atoms with Crippen LogP contribution in [-0.2, 0) is 6.54 Å². The van der Waals surface area contributed by atoms with E-state index < -0.39 is 0 Å². The third-order valence-electron chi connectivity index (χ3n) is 1.35. The van der Waals surface area contributed by atoms with Crippen LogP contribution >= 0.6 is 22.9 Å². The van der Waals surface area contributed by atoms with Crippen molar-refractivity contribution >= 4 is 28.1 Å². The van der Waals surface area contributed by atoms with Gasteiger partial charge in [0.2, 0.25) is 0 Å². The van der Waals surface area contributed by atoms with Gasteiger partial charge < -0.3 is 5.32 Å². The van der Waals surface area contributed by atoms with Crippen molar-refractivity contribution in [2.45, 2.75) is 6.54 Å². The van der Waals surface area contributed by atoms with E-state index in [4.69, 9.17) is 11.6 Å². The maximum atomic E-state index is 5.70. The number of hydrogen-bond acceptors (Lipinski definition) is 5. The van der Waals surface area contributed by atoms with Crippen LogP contribution in [-0.4, -0.2) is 20.2 Å². The van der Waals surface area contributed by atoms with Gasteiger partial charge in [-0.15, -0.1) is 0 Å². The van der Waals surface area contributed by atoms with Crippen molar-refractivity contribution < 1.29 is 0 Å². The molecule has 7 heteroatoms. The monoisotopic (exact) mass is 215 g/mol. The summed E-state index contributed by atoms with van der Waals surface area (Å²) >= 11 is 7.09. The standard InChI is InChI=1S/C6H6ClN5S/c7-4-1-8-6(13-4)9-2-5-10-3-11-12-5/h1,3H,2H2,(H,8,9)(H,10,11,12). The fourth-order valence-electron chi connectivity index (χ4n) is 0.811. The average Bonchev–Trinajstić information content (AvgIpc) is 2.71. The Morgan fingerprint density at radius 1 is 1.54 bits per heavy atom. The van der Waals surface area contributed by atoms with Crippen LogP contribution in [0.4, 0.5) is 5.13 Å². The molecule has 0 atom stereocenters. The van der Waals surface area contributed by atoms with Crippen LogP contribution < -0.4 is 5.32 Å². The molecule has 0 saturated heterocycles. The normalized spacial score (nSPS) is 10.2. The lowest BCUT2D eigenvalue weighted by atomic mass is 10.6. The Labute approximate surface area is 83.2 Å². The second-order valence-electron chi connectivity index (χ2n) is 2.26. The Morgan fingerprint density at radius 3 is 3.08 bits per heavy atom. The Balaban J connectivity index is 1.93. The number of aromatic nitrogens is 4. The number of aromatic amines is 1. The number of halogens is 1. The molecule has 5 nitrogen and oxygen atoms in total. The maximum absolute atomic E-state index is 5.70. The maximum Gasteiger partial charge on any atom is 0.184 e. The second kappa shape index (κ2) is 3.71. The average molecular weight is 216 g/mol. The summed E-state index contributed by atoms with van der Waals surface area (Å²) in [6.45, 7) is 0.573. The van der Waals surface area contributed by atoms with Gasteiger partial charge in [-0.05, 0) is 0 Å². The van der Waals surface area contributed by atoms with Crippen LogP contribution in [0.25, 0.3) is 0 Å². The zero-order valence-corrected chi connectivity index (χ0v) is 8.06. The van der Waals surface area contributed by atoms with Crippen molar-refractivity contribution in [3.05, 3.63) is 22.7 Å². The molecule has 0 aliphatic carbocycles. The molecule has 2 rings (SSSR count). The van der Waals surface area contributed by atoms with Gasteiger partial charge in [0.25, 0.3) is 0 Å². The van der Waals surface area contributed by atoms with Crippen molar-refractivity contribution in [1.82, 2.24) is 20.2 Å². The molecule has 13 heavy (non-hydrogen) atoms. The van der Waals surface area contributed by atoms with Crippen molar-refractivity contribution in [1.29, 1.82) is 0 Å². The van der Waals surface area contributed by atoms with Gasteiger partial charge in [-0.1, -0.05) is 22.9 Å². The quantitative estimate of drug-likeness (QED) is 0.815. The van der Waals surface area contributed by atoms with Gasteiger partial charge in [-0.2, -0.15) is 5.10 Å². The zero-order chi connectivity index (χ0) is 9.10. The topological polar surface area (TPSA) is 66.5 Å². The van der Waals surface area contributed by atoms with Crippen LogP contribution in [0, 0.1) is 0 Å². The fourth-order valence-corrected chi connectivity index (χ4v) is 1.62. The molecule has 2 N–H and O–H groups in total. The van der Waals surface area contributed by atoms with Crippen LogP contribution in [0.1, 0.15) is 5.82 Å². The molecule has 0 saturated carbocycles. The van der Waals surface area contributed by atoms with Crippen molar-refractivity contribution in [2.24, 2.45) is 0 Å². The van der Waals surface area contributed by atoms with Gasteiger partial charge in [0.05, 0.1) is 12.7 Å². The predicted molar refractivity (Wildman–Crippen MR) is 50.8 cm³/mol. The van der Waals surface area contributed by atoms with E-state index in [9.17, 15) is 0 Å². The van der Waals surface area contributed by atoms with Crippen LogP contribution in [0.5, 0.6) is 0 Å². The molecule has 0 aromatic carbocycles. The lowest BCUT2D eigenvalue weighted by Crippen LogP contribution is -2.00. The third-order valence-corrected chi connectivity index (χ3v) is 2.42. The minimum absolute atomic E-state index is 0.573. The van der Waals surface area contributed by atoms with E-state index in [-0.39, 0.29) is 0 Å². The molecule has 68 valence electrons. The van der Waals surface area contributed by atoms with Crippen LogP contribution in [0.2, 0.25) is 4.34 Å². The number of nitrogens with one attached hydrogen (secondary N) is 2. The number of nitrogens with zero attached hydrogens (tertiary/aromatic N) is 3. The highest BCUT2D eigenvalue weighted by Gasteiger charge is 1.99. The van der Waals surface area contributed by atoms with Gasteiger partial charge in [0.1, 0.15) is 16.5 Å². The van der Waals surface area contributed by atoms with Gasteiger partial charge >= 0.3 is 0 Å². The van der Waals surface area contributed by atoms with E-state index in [1.54, 1.807) is 6.20 Å². The Kier molecular flexibility index (Phi) is 2.42. The highest BCUT2D eigenvalue weighted by molar-refractivity contribution is 7.19. The summed E-state index contributed by atoms with van der Waals surface area (Å²) in [6, 6.07) is 0. The van der Waals surface area contributed by atoms with Gasteiger partial charge in [0, 0.05) is 0 Å². The van der Waals surface area contributed by atoms with Crippen molar-refractivity contribution in [2.75, 3.05) is 5.32 Å². The molecule has 0 amide bonds. The third kappa shape index (κ3) is 2.16. The lowest BCUT2D eigenvalue weighted by molar-refractivity contribution is 0.952. The van der Waals surface area contributed by atoms with Crippen molar-refractivity contribution in [3.63, 3.8) is 0 Å². The highest BCUT2D eigenvalue weighted by Crippen LogP contribution is 2.22. The number of H-pyrrole nitrogens is 1. The van der Waals surface area contributed by atoms with Gasteiger partial charge in [-0.3, -0.25) is 5.10 Å². The first-order valence-electron chi connectivity index (χ1n) is 3.54. The van der Waals surface area contributed by atoms with Crippen LogP contribution in [0.3, 0.4) is 0 Å². The molecular formula is C6H6ClN5S. The van der Waals surface area contributed by atoms with Crippen molar-refractivity contribution in [3.8, 4) is 0 Å². The highest BCUT2D eigenvalue weighted by atomic mass is 35.5. The summed E-state index contributed by atoms with van der Waals surface area (Å²) in [5, 5.41) is 10.3. The fraction of sp³-hybridized carbons (Fsp3) is 0.167. The Hall–Kier alpha value is -1.14. The molecule has 0 spiro atoms. The predicted octanol–water partition coefficient (Wildman–Crippen LogP) is 1.53. The molecule has 0 aliphatic heterocycles. The lowest BCUT2D eigenvalue weighted by Gasteiger charge is -1.96. The molecule has 0 unspecified atom stereocenters. The number of rotatable bonds is 3. The minimum Gasteiger partial charge on any atom is -0.354 e. The molecule has 0 bridgehead atoms. The number of anilines is 1. The number of thiazole rings is 1. The molecular weight excluding hydrogens is 210 g/mol. The Morgan fingerprint density at radius 2 is 2.46 bits per heavy atom. The molecule has 2 heterocycles. The first-order chi connectivity index (χ1) is 6.34. The molecule has 0 fully saturated rings. The molecule has 0 radical (unpaired) electrons. The van der Waals surface area contributed by atoms with E-state index in [1.807, 2.05) is 0 Å². The van der Waals surface area contributed by atoms with E-state index in [0.29, 0.717) is 10.9 Å². The van der Waals surface area contributed by atoms with Gasteiger partial charge in [-0.25, -0.2) is 9.97 Å². The van der Waals surface area contributed by atoms with E-state index in [2.05, 4.69) is 25.5 Å².